The van der Waals surface area contributed by atoms with Gasteiger partial charge >= 0.3 is 12.1 Å². The standard InChI is InChI=1S/C25H39NO5/c1-15(2)19-10-9-11-20(17(5)18-12-13-18)21(19)30-14-25(16(3)4,22(27)28)26-23(29)31-24(6,7)8/h9-11,15-18H,12-14H2,1-8H3,(H,26,29)(H,27,28)/t17-,25+/m1/s1. The first-order chi connectivity index (χ1) is 14.3. The van der Waals surface area contributed by atoms with Crippen molar-refractivity contribution in [3.8, 4) is 5.75 Å². The van der Waals surface area contributed by atoms with Crippen LogP contribution in [-0.2, 0) is 9.53 Å². The number of aliphatic carboxylic acids is 1. The molecule has 0 radical (unpaired) electrons. The van der Waals surface area contributed by atoms with Gasteiger partial charge in [0.1, 0.15) is 18.0 Å². The number of carboxylic acid groups (broad SMARTS) is 1. The summed E-state index contributed by atoms with van der Waals surface area (Å²) in [5.41, 5.74) is -0.199. The maximum absolute atomic E-state index is 12.5. The van der Waals surface area contributed by atoms with E-state index in [0.717, 1.165) is 16.9 Å². The van der Waals surface area contributed by atoms with Crippen LogP contribution in [0.3, 0.4) is 0 Å². The smallest absolute Gasteiger partial charge is 0.408 e. The Labute approximate surface area is 186 Å². The fourth-order valence-corrected chi connectivity index (χ4v) is 3.78. The number of hydrogen-bond donors (Lipinski definition) is 2. The van der Waals surface area contributed by atoms with Gasteiger partial charge in [-0.15, -0.1) is 0 Å². The molecule has 0 spiro atoms. The number of carboxylic acids is 1. The average Bonchev–Trinajstić information content (AvgIpc) is 3.47. The van der Waals surface area contributed by atoms with Crippen molar-refractivity contribution in [1.29, 1.82) is 0 Å². The largest absolute Gasteiger partial charge is 0.490 e. The Morgan fingerprint density at radius 2 is 1.68 bits per heavy atom. The third-order valence-corrected chi connectivity index (χ3v) is 6.05. The van der Waals surface area contributed by atoms with Gasteiger partial charge in [0.25, 0.3) is 0 Å². The van der Waals surface area contributed by atoms with Crippen LogP contribution in [0, 0.1) is 11.8 Å². The molecule has 0 saturated heterocycles. The lowest BCUT2D eigenvalue weighted by Gasteiger charge is -2.35. The van der Waals surface area contributed by atoms with Gasteiger partial charge in [0.05, 0.1) is 0 Å². The van der Waals surface area contributed by atoms with E-state index in [-0.39, 0.29) is 12.5 Å². The highest BCUT2D eigenvalue weighted by atomic mass is 16.6. The third-order valence-electron chi connectivity index (χ3n) is 6.05. The number of rotatable bonds is 9. The molecule has 1 fully saturated rings. The van der Waals surface area contributed by atoms with Crippen molar-refractivity contribution < 1.29 is 24.2 Å². The number of carbonyl (C=O) groups is 2. The number of alkyl carbamates (subject to hydrolysis) is 1. The lowest BCUT2D eigenvalue weighted by molar-refractivity contribution is -0.148. The molecule has 1 saturated carbocycles. The molecule has 0 aromatic heterocycles. The number of benzene rings is 1. The Morgan fingerprint density at radius 1 is 1.10 bits per heavy atom. The first-order valence-corrected chi connectivity index (χ1v) is 11.3. The molecule has 1 amide bonds. The topological polar surface area (TPSA) is 84.9 Å². The van der Waals surface area contributed by atoms with E-state index in [0.29, 0.717) is 11.8 Å². The Morgan fingerprint density at radius 3 is 2.13 bits per heavy atom. The molecule has 1 aliphatic carbocycles. The van der Waals surface area contributed by atoms with Crippen molar-refractivity contribution in [2.75, 3.05) is 6.61 Å². The molecule has 0 heterocycles. The van der Waals surface area contributed by atoms with E-state index >= 15 is 0 Å². The monoisotopic (exact) mass is 433 g/mol. The molecule has 0 bridgehead atoms. The minimum Gasteiger partial charge on any atom is -0.490 e. The van der Waals surface area contributed by atoms with Gasteiger partial charge in [-0.05, 0) is 68.4 Å². The highest BCUT2D eigenvalue weighted by molar-refractivity contribution is 5.85. The number of carbonyl (C=O) groups excluding carboxylic acids is 1. The van der Waals surface area contributed by atoms with Crippen LogP contribution in [0.5, 0.6) is 5.75 Å². The first-order valence-electron chi connectivity index (χ1n) is 11.3. The fraction of sp³-hybridized carbons (Fsp3) is 0.680. The van der Waals surface area contributed by atoms with E-state index < -0.39 is 29.1 Å². The van der Waals surface area contributed by atoms with Crippen LogP contribution in [0.25, 0.3) is 0 Å². The number of amides is 1. The Kier molecular flexibility index (Phi) is 7.66. The van der Waals surface area contributed by atoms with Gasteiger partial charge in [-0.3, -0.25) is 0 Å². The summed E-state index contributed by atoms with van der Waals surface area (Å²) in [4.78, 5) is 24.9. The van der Waals surface area contributed by atoms with Gasteiger partial charge in [-0.1, -0.05) is 52.8 Å². The molecule has 2 atom stereocenters. The number of nitrogens with one attached hydrogen (secondary N) is 1. The molecule has 174 valence electrons. The predicted octanol–water partition coefficient (Wildman–Crippen LogP) is 5.71. The molecule has 1 aliphatic rings. The molecule has 0 unspecified atom stereocenters. The second-order valence-electron chi connectivity index (χ2n) is 10.4. The fourth-order valence-electron chi connectivity index (χ4n) is 3.78. The predicted molar refractivity (Wildman–Crippen MR) is 122 cm³/mol. The SMILES string of the molecule is CC(C)c1cccc([C@H](C)C2CC2)c1OC[C@@](NC(=O)OC(C)(C)C)(C(=O)O)C(C)C. The van der Waals surface area contributed by atoms with E-state index in [9.17, 15) is 14.7 Å². The maximum atomic E-state index is 12.5. The van der Waals surface area contributed by atoms with Crippen LogP contribution in [0.1, 0.15) is 91.2 Å². The van der Waals surface area contributed by atoms with Crippen LogP contribution >= 0.6 is 0 Å². The molecule has 1 aromatic rings. The highest BCUT2D eigenvalue weighted by Crippen LogP contribution is 2.46. The Bertz CT molecular complexity index is 792. The zero-order valence-electron chi connectivity index (χ0n) is 20.2. The summed E-state index contributed by atoms with van der Waals surface area (Å²) in [6.45, 7) is 15.0. The second kappa shape index (κ2) is 9.49. The normalized spacial score (nSPS) is 17.2. The van der Waals surface area contributed by atoms with E-state index in [1.807, 2.05) is 12.1 Å². The summed E-state index contributed by atoms with van der Waals surface area (Å²) in [6, 6.07) is 6.15. The molecule has 1 aromatic carbocycles. The molecule has 0 aliphatic heterocycles. The zero-order chi connectivity index (χ0) is 23.6. The summed E-state index contributed by atoms with van der Waals surface area (Å²) in [5.74, 6) is 0.373. The first kappa shape index (κ1) is 25.0. The lowest BCUT2D eigenvalue weighted by Crippen LogP contribution is -2.62. The van der Waals surface area contributed by atoms with E-state index in [1.54, 1.807) is 34.6 Å². The van der Waals surface area contributed by atoms with Gasteiger partial charge in [0.15, 0.2) is 5.54 Å². The molecular weight excluding hydrogens is 394 g/mol. The lowest BCUT2D eigenvalue weighted by atomic mass is 9.86. The minimum absolute atomic E-state index is 0.187. The molecule has 2 rings (SSSR count). The Hall–Kier alpha value is -2.24. The van der Waals surface area contributed by atoms with Crippen LogP contribution in [0.2, 0.25) is 0 Å². The van der Waals surface area contributed by atoms with E-state index in [1.165, 1.54) is 12.8 Å². The summed E-state index contributed by atoms with van der Waals surface area (Å²) in [7, 11) is 0. The van der Waals surface area contributed by atoms with Crippen molar-refractivity contribution in [3.63, 3.8) is 0 Å². The van der Waals surface area contributed by atoms with Crippen molar-refractivity contribution in [2.24, 2.45) is 11.8 Å². The summed E-state index contributed by atoms with van der Waals surface area (Å²) >= 11 is 0. The minimum atomic E-state index is -1.62. The van der Waals surface area contributed by atoms with Crippen molar-refractivity contribution in [2.45, 2.75) is 91.2 Å². The number of para-hydroxylation sites is 1. The third kappa shape index (κ3) is 6.14. The summed E-state index contributed by atoms with van der Waals surface area (Å²) < 4.78 is 11.6. The molecule has 6 nitrogen and oxygen atoms in total. The van der Waals surface area contributed by atoms with Crippen molar-refractivity contribution >= 4 is 12.1 Å². The molecule has 31 heavy (non-hydrogen) atoms. The van der Waals surface area contributed by atoms with E-state index in [4.69, 9.17) is 9.47 Å². The van der Waals surface area contributed by atoms with Gasteiger partial charge in [-0.25, -0.2) is 9.59 Å². The number of ether oxygens (including phenoxy) is 2. The molecule has 2 N–H and O–H groups in total. The van der Waals surface area contributed by atoms with Crippen LogP contribution in [0.15, 0.2) is 18.2 Å². The van der Waals surface area contributed by atoms with Gasteiger partial charge in [-0.2, -0.15) is 0 Å². The van der Waals surface area contributed by atoms with Crippen LogP contribution < -0.4 is 10.1 Å². The average molecular weight is 434 g/mol. The maximum Gasteiger partial charge on any atom is 0.408 e. The molecular formula is C25H39NO5. The van der Waals surface area contributed by atoms with Crippen molar-refractivity contribution in [3.05, 3.63) is 29.3 Å². The van der Waals surface area contributed by atoms with Crippen LogP contribution in [-0.4, -0.2) is 34.9 Å². The summed E-state index contributed by atoms with van der Waals surface area (Å²) in [6.07, 6.45) is 1.64. The Balaban J connectivity index is 2.38. The second-order valence-corrected chi connectivity index (χ2v) is 10.4. The van der Waals surface area contributed by atoms with E-state index in [2.05, 4.69) is 32.2 Å². The van der Waals surface area contributed by atoms with Crippen molar-refractivity contribution in [1.82, 2.24) is 5.32 Å². The van der Waals surface area contributed by atoms with Gasteiger partial charge < -0.3 is 19.9 Å². The summed E-state index contributed by atoms with van der Waals surface area (Å²) in [5, 5.41) is 12.7. The zero-order valence-corrected chi connectivity index (χ0v) is 20.2. The van der Waals surface area contributed by atoms with Crippen LogP contribution in [0.4, 0.5) is 4.79 Å². The number of hydrogen-bond acceptors (Lipinski definition) is 4. The van der Waals surface area contributed by atoms with Gasteiger partial charge in [0.2, 0.25) is 0 Å². The quantitative estimate of drug-likeness (QED) is 0.521. The van der Waals surface area contributed by atoms with Gasteiger partial charge in [0, 0.05) is 0 Å². The molecule has 6 heteroatoms. The highest BCUT2D eigenvalue weighted by Gasteiger charge is 2.46.